The van der Waals surface area contributed by atoms with Crippen LogP contribution < -0.4 is 15.4 Å². The van der Waals surface area contributed by atoms with Crippen LogP contribution in [0.15, 0.2) is 66.9 Å². The van der Waals surface area contributed by atoms with E-state index in [1.54, 1.807) is 43.6 Å². The lowest BCUT2D eigenvalue weighted by Crippen LogP contribution is -2.22. The van der Waals surface area contributed by atoms with Crippen LogP contribution in [0, 0.1) is 11.3 Å². The van der Waals surface area contributed by atoms with E-state index in [2.05, 4.69) is 21.7 Å². The highest BCUT2D eigenvalue weighted by Gasteiger charge is 2.07. The highest BCUT2D eigenvalue weighted by Crippen LogP contribution is 2.17. The molecule has 0 unspecified atom stereocenters. The van der Waals surface area contributed by atoms with Crippen molar-refractivity contribution < 1.29 is 9.53 Å². The van der Waals surface area contributed by atoms with Gasteiger partial charge in [-0.3, -0.25) is 4.79 Å². The number of carbonyl (C=O) groups excluding carboxylic acids is 1. The summed E-state index contributed by atoms with van der Waals surface area (Å²) in [5.41, 5.74) is 2.76. The van der Waals surface area contributed by atoms with Gasteiger partial charge < -0.3 is 15.4 Å². The van der Waals surface area contributed by atoms with Gasteiger partial charge in [-0.1, -0.05) is 18.2 Å². The first-order valence-corrected chi connectivity index (χ1v) is 8.32. The van der Waals surface area contributed by atoms with Gasteiger partial charge in [0.25, 0.3) is 5.91 Å². The van der Waals surface area contributed by atoms with E-state index in [0.717, 1.165) is 17.0 Å². The molecule has 0 saturated heterocycles. The Morgan fingerprint density at radius 2 is 1.96 bits per heavy atom. The molecule has 0 saturated carbocycles. The van der Waals surface area contributed by atoms with Gasteiger partial charge in [0.2, 0.25) is 0 Å². The normalized spacial score (nSPS) is 9.93. The van der Waals surface area contributed by atoms with Gasteiger partial charge in [-0.05, 0) is 48.0 Å². The number of hydrogen-bond donors (Lipinski definition) is 2. The lowest BCUT2D eigenvalue weighted by atomic mass is 10.2. The quantitative estimate of drug-likeness (QED) is 0.702. The van der Waals surface area contributed by atoms with E-state index in [-0.39, 0.29) is 5.91 Å². The largest absolute Gasteiger partial charge is 0.497 e. The zero-order valence-electron chi connectivity index (χ0n) is 14.8. The molecule has 0 radical (unpaired) electrons. The number of methoxy groups -OCH3 is 1. The molecule has 0 aliphatic rings. The number of amides is 1. The third-order valence-corrected chi connectivity index (χ3v) is 3.90. The minimum atomic E-state index is -0.193. The van der Waals surface area contributed by atoms with Crippen LogP contribution in [0.2, 0.25) is 0 Å². The SMILES string of the molecule is COc1ccc(CNC(=O)c2ccnc(Nc3cccc(C#N)c3)c2)cc1. The van der Waals surface area contributed by atoms with Crippen LogP contribution in [0.3, 0.4) is 0 Å². The van der Waals surface area contributed by atoms with Gasteiger partial charge in [0, 0.05) is 24.0 Å². The van der Waals surface area contributed by atoms with Crippen LogP contribution >= 0.6 is 0 Å². The summed E-state index contributed by atoms with van der Waals surface area (Å²) in [4.78, 5) is 16.6. The van der Waals surface area contributed by atoms with Crippen molar-refractivity contribution in [1.29, 1.82) is 5.26 Å². The Morgan fingerprint density at radius 1 is 1.15 bits per heavy atom. The fraction of sp³-hybridized carbons (Fsp3) is 0.0952. The second-order valence-electron chi connectivity index (χ2n) is 5.78. The molecule has 2 N–H and O–H groups in total. The number of benzene rings is 2. The van der Waals surface area contributed by atoms with Gasteiger partial charge in [-0.25, -0.2) is 4.98 Å². The molecule has 0 bridgehead atoms. The van der Waals surface area contributed by atoms with Crippen molar-refractivity contribution in [1.82, 2.24) is 10.3 Å². The van der Waals surface area contributed by atoms with Crippen molar-refractivity contribution >= 4 is 17.4 Å². The molecule has 3 rings (SSSR count). The molecule has 0 aliphatic carbocycles. The number of nitriles is 1. The molecule has 1 heterocycles. The molecule has 1 aromatic heterocycles. The number of nitrogens with one attached hydrogen (secondary N) is 2. The van der Waals surface area contributed by atoms with E-state index < -0.39 is 0 Å². The lowest BCUT2D eigenvalue weighted by molar-refractivity contribution is 0.0951. The van der Waals surface area contributed by atoms with Crippen LogP contribution in [-0.4, -0.2) is 18.0 Å². The second-order valence-corrected chi connectivity index (χ2v) is 5.78. The van der Waals surface area contributed by atoms with Crippen LogP contribution in [-0.2, 0) is 6.54 Å². The Bertz CT molecular complexity index is 978. The van der Waals surface area contributed by atoms with Crippen LogP contribution in [0.1, 0.15) is 21.5 Å². The number of hydrogen-bond acceptors (Lipinski definition) is 5. The maximum atomic E-state index is 12.4. The average Bonchev–Trinajstić information content (AvgIpc) is 2.72. The smallest absolute Gasteiger partial charge is 0.251 e. The molecule has 134 valence electrons. The second kappa shape index (κ2) is 8.50. The van der Waals surface area contributed by atoms with Gasteiger partial charge in [0.05, 0.1) is 18.7 Å². The maximum absolute atomic E-state index is 12.4. The first kappa shape index (κ1) is 18.0. The molecule has 0 aliphatic heterocycles. The zero-order valence-corrected chi connectivity index (χ0v) is 14.8. The Labute approximate surface area is 157 Å². The number of aromatic nitrogens is 1. The summed E-state index contributed by atoms with van der Waals surface area (Å²) in [5.74, 6) is 1.11. The molecule has 2 aromatic carbocycles. The molecule has 6 nitrogen and oxygen atoms in total. The average molecular weight is 358 g/mol. The summed E-state index contributed by atoms with van der Waals surface area (Å²) >= 11 is 0. The molecular formula is C21H18N4O2. The highest BCUT2D eigenvalue weighted by molar-refractivity contribution is 5.94. The number of anilines is 2. The minimum absolute atomic E-state index is 0.193. The standard InChI is InChI=1S/C21H18N4O2/c1-27-19-7-5-15(6-8-19)14-24-21(26)17-9-10-23-20(12-17)25-18-4-2-3-16(11-18)13-22/h2-12H,14H2,1H3,(H,23,25)(H,24,26). The van der Waals surface area contributed by atoms with Crippen molar-refractivity contribution in [3.05, 3.63) is 83.6 Å². The van der Waals surface area contributed by atoms with E-state index in [0.29, 0.717) is 23.5 Å². The summed E-state index contributed by atoms with van der Waals surface area (Å²) in [6.45, 7) is 0.415. The molecule has 1 amide bonds. The summed E-state index contributed by atoms with van der Waals surface area (Å²) in [7, 11) is 1.61. The molecule has 27 heavy (non-hydrogen) atoms. The minimum Gasteiger partial charge on any atom is -0.497 e. The predicted octanol–water partition coefficient (Wildman–Crippen LogP) is 3.64. The number of rotatable bonds is 6. The Balaban J connectivity index is 1.65. The van der Waals surface area contributed by atoms with Gasteiger partial charge in [-0.15, -0.1) is 0 Å². The predicted molar refractivity (Wildman–Crippen MR) is 103 cm³/mol. The fourth-order valence-electron chi connectivity index (χ4n) is 2.48. The summed E-state index contributed by atoms with van der Waals surface area (Å²) in [6.07, 6.45) is 1.57. The van der Waals surface area contributed by atoms with Crippen LogP contribution in [0.4, 0.5) is 11.5 Å². The molecule has 3 aromatic rings. The Kier molecular flexibility index (Phi) is 5.65. The summed E-state index contributed by atoms with van der Waals surface area (Å²) in [5, 5.41) is 15.0. The molecule has 0 spiro atoms. The Hall–Kier alpha value is -3.85. The van der Waals surface area contributed by atoms with E-state index in [9.17, 15) is 4.79 Å². The van der Waals surface area contributed by atoms with E-state index in [4.69, 9.17) is 10.00 Å². The van der Waals surface area contributed by atoms with Gasteiger partial charge in [0.15, 0.2) is 0 Å². The third kappa shape index (κ3) is 4.83. The number of pyridine rings is 1. The number of carbonyl (C=O) groups is 1. The molecule has 0 fully saturated rings. The van der Waals surface area contributed by atoms with E-state index >= 15 is 0 Å². The van der Waals surface area contributed by atoms with Crippen LogP contribution in [0.25, 0.3) is 0 Å². The monoisotopic (exact) mass is 358 g/mol. The van der Waals surface area contributed by atoms with Gasteiger partial charge in [-0.2, -0.15) is 5.26 Å². The maximum Gasteiger partial charge on any atom is 0.251 e. The fourth-order valence-corrected chi connectivity index (χ4v) is 2.48. The number of nitrogens with zero attached hydrogens (tertiary/aromatic N) is 2. The third-order valence-electron chi connectivity index (χ3n) is 3.90. The zero-order chi connectivity index (χ0) is 19.1. The van der Waals surface area contributed by atoms with E-state index in [1.165, 1.54) is 0 Å². The van der Waals surface area contributed by atoms with Crippen molar-refractivity contribution in [3.8, 4) is 11.8 Å². The summed E-state index contributed by atoms with van der Waals surface area (Å²) in [6, 6.07) is 20.0. The van der Waals surface area contributed by atoms with Crippen molar-refractivity contribution in [3.63, 3.8) is 0 Å². The van der Waals surface area contributed by atoms with Crippen molar-refractivity contribution in [2.75, 3.05) is 12.4 Å². The highest BCUT2D eigenvalue weighted by atomic mass is 16.5. The van der Waals surface area contributed by atoms with Crippen molar-refractivity contribution in [2.45, 2.75) is 6.54 Å². The van der Waals surface area contributed by atoms with Crippen LogP contribution in [0.5, 0.6) is 5.75 Å². The first-order valence-electron chi connectivity index (χ1n) is 8.32. The number of ether oxygens (including phenoxy) is 1. The molecule has 0 atom stereocenters. The summed E-state index contributed by atoms with van der Waals surface area (Å²) < 4.78 is 5.12. The topological polar surface area (TPSA) is 87.0 Å². The van der Waals surface area contributed by atoms with Crippen molar-refractivity contribution in [2.24, 2.45) is 0 Å². The Morgan fingerprint density at radius 3 is 2.70 bits per heavy atom. The molecule has 6 heteroatoms. The first-order chi connectivity index (χ1) is 13.2. The van der Waals surface area contributed by atoms with E-state index in [1.807, 2.05) is 30.3 Å². The molecular weight excluding hydrogens is 340 g/mol. The van der Waals surface area contributed by atoms with Gasteiger partial charge >= 0.3 is 0 Å². The van der Waals surface area contributed by atoms with Gasteiger partial charge in [0.1, 0.15) is 11.6 Å². The lowest BCUT2D eigenvalue weighted by Gasteiger charge is -2.09.